The fourth-order valence-electron chi connectivity index (χ4n) is 2.78. The van der Waals surface area contributed by atoms with Gasteiger partial charge < -0.3 is 14.2 Å². The third kappa shape index (κ3) is 7.34. The van der Waals surface area contributed by atoms with Gasteiger partial charge in [0.1, 0.15) is 23.9 Å². The Kier molecular flexibility index (Phi) is 8.99. The summed E-state index contributed by atoms with van der Waals surface area (Å²) in [5.41, 5.74) is 4.08. The molecule has 174 valence electrons. The van der Waals surface area contributed by atoms with Crippen molar-refractivity contribution in [2.45, 2.75) is 13.3 Å². The molecule has 3 aromatic carbocycles. The fraction of sp³-hybridized carbons (Fsp3) is 0.148. The van der Waals surface area contributed by atoms with Crippen molar-refractivity contribution in [3.05, 3.63) is 102 Å². The van der Waals surface area contributed by atoms with Gasteiger partial charge in [0.05, 0.1) is 18.4 Å². The van der Waals surface area contributed by atoms with Crippen molar-refractivity contribution < 1.29 is 23.8 Å². The van der Waals surface area contributed by atoms with E-state index in [0.29, 0.717) is 41.6 Å². The molecular formula is C27H26N2O5. The van der Waals surface area contributed by atoms with E-state index in [1.54, 1.807) is 78.9 Å². The summed E-state index contributed by atoms with van der Waals surface area (Å²) in [5, 5.41) is 3.97. The van der Waals surface area contributed by atoms with E-state index >= 15 is 0 Å². The number of amides is 1. The van der Waals surface area contributed by atoms with E-state index in [4.69, 9.17) is 14.2 Å². The van der Waals surface area contributed by atoms with Crippen LogP contribution in [-0.4, -0.2) is 31.3 Å². The summed E-state index contributed by atoms with van der Waals surface area (Å²) in [7, 11) is 0. The van der Waals surface area contributed by atoms with Crippen LogP contribution in [0.4, 0.5) is 0 Å². The quantitative estimate of drug-likeness (QED) is 0.143. The number of rotatable bonds is 11. The van der Waals surface area contributed by atoms with Crippen LogP contribution < -0.4 is 19.6 Å². The summed E-state index contributed by atoms with van der Waals surface area (Å²) in [5.74, 6) is 0.957. The molecule has 0 spiro atoms. The van der Waals surface area contributed by atoms with Crippen molar-refractivity contribution in [1.29, 1.82) is 0 Å². The average Bonchev–Trinajstić information content (AvgIpc) is 2.87. The monoisotopic (exact) mass is 458 g/mol. The predicted molar refractivity (Wildman–Crippen MR) is 131 cm³/mol. The lowest BCUT2D eigenvalue weighted by Gasteiger charge is -2.07. The molecule has 1 amide bonds. The first kappa shape index (κ1) is 24.3. The lowest BCUT2D eigenvalue weighted by atomic mass is 10.2. The lowest BCUT2D eigenvalue weighted by Crippen LogP contribution is -2.17. The Hall–Kier alpha value is -4.39. The topological polar surface area (TPSA) is 86.2 Å². The number of carbonyl (C=O) groups is 2. The molecule has 0 heterocycles. The molecule has 0 aliphatic carbocycles. The van der Waals surface area contributed by atoms with Crippen molar-refractivity contribution in [2.75, 3.05) is 13.2 Å². The van der Waals surface area contributed by atoms with Crippen molar-refractivity contribution >= 4 is 18.1 Å². The number of carbonyl (C=O) groups excluding carboxylic acids is 2. The van der Waals surface area contributed by atoms with E-state index in [1.165, 1.54) is 6.21 Å². The van der Waals surface area contributed by atoms with Crippen LogP contribution in [0.2, 0.25) is 0 Å². The first-order chi connectivity index (χ1) is 16.6. The van der Waals surface area contributed by atoms with Crippen LogP contribution in [-0.2, 0) is 0 Å². The minimum atomic E-state index is -0.461. The number of nitrogens with one attached hydrogen (secondary N) is 1. The van der Waals surface area contributed by atoms with E-state index in [9.17, 15) is 9.59 Å². The molecule has 1 N–H and O–H groups in total. The smallest absolute Gasteiger partial charge is 0.343 e. The molecule has 3 rings (SSSR count). The van der Waals surface area contributed by atoms with Gasteiger partial charge in [0.25, 0.3) is 5.91 Å². The third-order valence-electron chi connectivity index (χ3n) is 4.52. The van der Waals surface area contributed by atoms with E-state index < -0.39 is 5.97 Å². The Labute approximate surface area is 198 Å². The first-order valence-electron chi connectivity index (χ1n) is 10.8. The van der Waals surface area contributed by atoms with Crippen molar-refractivity contribution in [3.63, 3.8) is 0 Å². The zero-order valence-corrected chi connectivity index (χ0v) is 18.9. The number of ether oxygens (including phenoxy) is 3. The standard InChI is InChI=1S/C27H26N2O5/c1-3-17-32-23-13-7-21(8-14-23)26(30)29-28-19-20-5-11-25(12-6-20)34-27(31)22-9-15-24(16-10-22)33-18-4-2/h3,5-16,19H,1,4,17-18H2,2H3,(H,29,30)/b28-19-. The number of hydrogen-bond acceptors (Lipinski definition) is 6. The number of benzene rings is 3. The molecule has 34 heavy (non-hydrogen) atoms. The number of esters is 1. The van der Waals surface area contributed by atoms with Gasteiger partial charge in [0, 0.05) is 5.56 Å². The van der Waals surface area contributed by atoms with Gasteiger partial charge in [-0.3, -0.25) is 4.79 Å². The number of nitrogens with zero attached hydrogens (tertiary/aromatic N) is 1. The van der Waals surface area contributed by atoms with Gasteiger partial charge in [-0.25, -0.2) is 10.2 Å². The summed E-state index contributed by atoms with van der Waals surface area (Å²) >= 11 is 0. The fourth-order valence-corrected chi connectivity index (χ4v) is 2.78. The van der Waals surface area contributed by atoms with Crippen LogP contribution >= 0.6 is 0 Å². The SMILES string of the molecule is C=CCOc1ccc(C(=O)N/N=C\c2ccc(OC(=O)c3ccc(OCCC)cc3)cc2)cc1. The highest BCUT2D eigenvalue weighted by molar-refractivity contribution is 5.95. The minimum absolute atomic E-state index is 0.344. The molecule has 3 aromatic rings. The zero-order valence-electron chi connectivity index (χ0n) is 18.9. The predicted octanol–water partition coefficient (Wildman–Crippen LogP) is 5.02. The summed E-state index contributed by atoms with van der Waals surface area (Å²) in [6, 6.07) is 20.3. The summed E-state index contributed by atoms with van der Waals surface area (Å²) < 4.78 is 16.3. The second kappa shape index (κ2) is 12.6. The van der Waals surface area contributed by atoms with Gasteiger partial charge in [-0.2, -0.15) is 5.10 Å². The highest BCUT2D eigenvalue weighted by Crippen LogP contribution is 2.17. The van der Waals surface area contributed by atoms with Crippen molar-refractivity contribution in [2.24, 2.45) is 5.10 Å². The molecular weight excluding hydrogens is 432 g/mol. The molecule has 7 nitrogen and oxygen atoms in total. The maximum absolute atomic E-state index is 12.3. The molecule has 0 radical (unpaired) electrons. The van der Waals surface area contributed by atoms with E-state index in [0.717, 1.165) is 12.0 Å². The highest BCUT2D eigenvalue weighted by atomic mass is 16.5. The molecule has 0 bridgehead atoms. The normalized spacial score (nSPS) is 10.5. The summed E-state index contributed by atoms with van der Waals surface area (Å²) in [6.07, 6.45) is 4.06. The maximum Gasteiger partial charge on any atom is 0.343 e. The number of hydrogen-bond donors (Lipinski definition) is 1. The Balaban J connectivity index is 1.49. The molecule has 7 heteroatoms. The Morgan fingerprint density at radius 2 is 1.44 bits per heavy atom. The molecule has 0 aromatic heterocycles. The zero-order chi connectivity index (χ0) is 24.2. The van der Waals surface area contributed by atoms with E-state index in [1.807, 2.05) is 6.92 Å². The molecule has 0 atom stereocenters. The lowest BCUT2D eigenvalue weighted by molar-refractivity contribution is 0.0734. The largest absolute Gasteiger partial charge is 0.494 e. The molecule has 0 aliphatic rings. The van der Waals surface area contributed by atoms with Gasteiger partial charge in [0.2, 0.25) is 0 Å². The minimum Gasteiger partial charge on any atom is -0.494 e. The molecule has 0 fully saturated rings. The molecule has 0 saturated heterocycles. The molecule has 0 unspecified atom stereocenters. The highest BCUT2D eigenvalue weighted by Gasteiger charge is 2.09. The van der Waals surface area contributed by atoms with Gasteiger partial charge >= 0.3 is 5.97 Å². The van der Waals surface area contributed by atoms with Crippen LogP contribution in [0.3, 0.4) is 0 Å². The van der Waals surface area contributed by atoms with Crippen LogP contribution in [0.1, 0.15) is 39.6 Å². The van der Waals surface area contributed by atoms with Crippen LogP contribution in [0.5, 0.6) is 17.2 Å². The van der Waals surface area contributed by atoms with Crippen molar-refractivity contribution in [1.82, 2.24) is 5.43 Å². The van der Waals surface area contributed by atoms with Crippen LogP contribution in [0, 0.1) is 0 Å². The van der Waals surface area contributed by atoms with Crippen LogP contribution in [0.15, 0.2) is 90.6 Å². The third-order valence-corrected chi connectivity index (χ3v) is 4.52. The van der Waals surface area contributed by atoms with Crippen molar-refractivity contribution in [3.8, 4) is 17.2 Å². The molecule has 0 aliphatic heterocycles. The maximum atomic E-state index is 12.3. The van der Waals surface area contributed by atoms with Gasteiger partial charge in [-0.05, 0) is 84.8 Å². The van der Waals surface area contributed by atoms with Gasteiger partial charge in [-0.15, -0.1) is 0 Å². The summed E-state index contributed by atoms with van der Waals surface area (Å²) in [6.45, 7) is 6.64. The second-order valence-corrected chi connectivity index (χ2v) is 7.15. The first-order valence-corrected chi connectivity index (χ1v) is 10.8. The summed E-state index contributed by atoms with van der Waals surface area (Å²) in [4.78, 5) is 24.5. The van der Waals surface area contributed by atoms with E-state index in [2.05, 4.69) is 17.1 Å². The molecule has 0 saturated carbocycles. The Bertz CT molecular complexity index is 1120. The second-order valence-electron chi connectivity index (χ2n) is 7.15. The van der Waals surface area contributed by atoms with Crippen LogP contribution in [0.25, 0.3) is 0 Å². The average molecular weight is 459 g/mol. The number of hydrazone groups is 1. The van der Waals surface area contributed by atoms with E-state index in [-0.39, 0.29) is 5.91 Å². The van der Waals surface area contributed by atoms with Gasteiger partial charge in [0.15, 0.2) is 0 Å². The Morgan fingerprint density at radius 1 is 0.853 bits per heavy atom. The van der Waals surface area contributed by atoms with Gasteiger partial charge in [-0.1, -0.05) is 19.6 Å². The Morgan fingerprint density at radius 3 is 2.06 bits per heavy atom.